The molecule has 2 atom stereocenters. The van der Waals surface area contributed by atoms with E-state index in [1.54, 1.807) is 0 Å². The molecule has 1 saturated heterocycles. The second-order valence-corrected chi connectivity index (χ2v) is 5.60. The summed E-state index contributed by atoms with van der Waals surface area (Å²) in [7, 11) is 0. The van der Waals surface area contributed by atoms with E-state index in [2.05, 4.69) is 52.0 Å². The molecule has 16 heavy (non-hydrogen) atoms. The first kappa shape index (κ1) is 11.7. The quantitative estimate of drug-likeness (QED) is 0.727. The van der Waals surface area contributed by atoms with Crippen LogP contribution in [-0.4, -0.2) is 11.7 Å². The Morgan fingerprint density at radius 3 is 2.56 bits per heavy atom. The van der Waals surface area contributed by atoms with Crippen molar-refractivity contribution in [2.45, 2.75) is 58.2 Å². The van der Waals surface area contributed by atoms with E-state index < -0.39 is 0 Å². The number of aryl methyl sites for hydroxylation is 1. The topological polar surface area (TPSA) is 9.23 Å². The predicted octanol–water partition coefficient (Wildman–Crippen LogP) is 4.06. The van der Waals surface area contributed by atoms with Crippen LogP contribution in [-0.2, 0) is 4.74 Å². The normalized spacial score (nSPS) is 25.6. The average molecular weight is 218 g/mol. The SMILES string of the molecule is Cc1ccccc1[C@@H](C)[C@H]1CCC(C)(C)O1. The molecule has 0 radical (unpaired) electrons. The van der Waals surface area contributed by atoms with Gasteiger partial charge in [-0.25, -0.2) is 0 Å². The highest BCUT2D eigenvalue weighted by atomic mass is 16.5. The Morgan fingerprint density at radius 1 is 1.31 bits per heavy atom. The van der Waals surface area contributed by atoms with E-state index in [-0.39, 0.29) is 5.60 Å². The van der Waals surface area contributed by atoms with Gasteiger partial charge < -0.3 is 4.74 Å². The van der Waals surface area contributed by atoms with Gasteiger partial charge in [0.1, 0.15) is 0 Å². The largest absolute Gasteiger partial charge is 0.372 e. The van der Waals surface area contributed by atoms with E-state index in [1.807, 2.05) is 0 Å². The van der Waals surface area contributed by atoms with Gasteiger partial charge in [-0.15, -0.1) is 0 Å². The Hall–Kier alpha value is -0.820. The zero-order chi connectivity index (χ0) is 11.8. The molecule has 0 saturated carbocycles. The van der Waals surface area contributed by atoms with E-state index in [9.17, 15) is 0 Å². The summed E-state index contributed by atoms with van der Waals surface area (Å²) in [5.41, 5.74) is 2.88. The molecule has 0 spiro atoms. The van der Waals surface area contributed by atoms with Crippen LogP contribution >= 0.6 is 0 Å². The van der Waals surface area contributed by atoms with E-state index in [4.69, 9.17) is 4.74 Å². The fourth-order valence-electron chi connectivity index (χ4n) is 2.67. The number of hydrogen-bond acceptors (Lipinski definition) is 1. The summed E-state index contributed by atoms with van der Waals surface area (Å²) in [6, 6.07) is 8.64. The molecular weight excluding hydrogens is 196 g/mol. The second kappa shape index (κ2) is 4.21. The Kier molecular flexibility index (Phi) is 3.07. The molecule has 0 unspecified atom stereocenters. The Balaban J connectivity index is 2.15. The van der Waals surface area contributed by atoms with Crippen molar-refractivity contribution in [3.8, 4) is 0 Å². The summed E-state index contributed by atoms with van der Waals surface area (Å²) in [4.78, 5) is 0. The van der Waals surface area contributed by atoms with Crippen LogP contribution in [0.25, 0.3) is 0 Å². The van der Waals surface area contributed by atoms with E-state index in [0.717, 1.165) is 0 Å². The lowest BCUT2D eigenvalue weighted by molar-refractivity contribution is -0.0243. The van der Waals surface area contributed by atoms with Crippen LogP contribution in [0.3, 0.4) is 0 Å². The lowest BCUT2D eigenvalue weighted by atomic mass is 9.90. The predicted molar refractivity (Wildman–Crippen MR) is 67.8 cm³/mol. The van der Waals surface area contributed by atoms with Gasteiger partial charge in [0, 0.05) is 5.92 Å². The Labute approximate surface area is 98.8 Å². The molecule has 0 bridgehead atoms. The maximum absolute atomic E-state index is 6.12. The highest BCUT2D eigenvalue weighted by Crippen LogP contribution is 2.37. The van der Waals surface area contributed by atoms with Gasteiger partial charge in [0.2, 0.25) is 0 Å². The maximum atomic E-state index is 6.12. The average Bonchev–Trinajstić information content (AvgIpc) is 2.59. The lowest BCUT2D eigenvalue weighted by Crippen LogP contribution is -2.23. The van der Waals surface area contributed by atoms with Gasteiger partial charge >= 0.3 is 0 Å². The third-order valence-corrected chi connectivity index (χ3v) is 3.74. The summed E-state index contributed by atoms with van der Waals surface area (Å²) >= 11 is 0. The van der Waals surface area contributed by atoms with Crippen molar-refractivity contribution in [2.24, 2.45) is 0 Å². The highest BCUT2D eigenvalue weighted by molar-refractivity contribution is 5.29. The first-order valence-corrected chi connectivity index (χ1v) is 6.23. The first-order chi connectivity index (χ1) is 7.49. The lowest BCUT2D eigenvalue weighted by Gasteiger charge is -2.24. The smallest absolute Gasteiger partial charge is 0.0649 e. The van der Waals surface area contributed by atoms with Gasteiger partial charge in [-0.05, 0) is 44.7 Å². The molecule has 0 aromatic heterocycles. The Bertz CT molecular complexity index is 367. The van der Waals surface area contributed by atoms with Gasteiger partial charge in [-0.2, -0.15) is 0 Å². The molecule has 1 aromatic rings. The minimum atomic E-state index is 0.0710. The highest BCUT2D eigenvalue weighted by Gasteiger charge is 2.35. The molecule has 0 amide bonds. The zero-order valence-corrected chi connectivity index (χ0v) is 10.8. The molecule has 1 heteroatoms. The van der Waals surface area contributed by atoms with Crippen LogP contribution in [0.5, 0.6) is 0 Å². The van der Waals surface area contributed by atoms with Crippen LogP contribution in [0.4, 0.5) is 0 Å². The minimum Gasteiger partial charge on any atom is -0.372 e. The molecule has 1 nitrogen and oxygen atoms in total. The minimum absolute atomic E-state index is 0.0710. The number of rotatable bonds is 2. The summed E-state index contributed by atoms with van der Waals surface area (Å²) in [5.74, 6) is 0.503. The van der Waals surface area contributed by atoms with Crippen molar-refractivity contribution in [1.29, 1.82) is 0 Å². The van der Waals surface area contributed by atoms with E-state index in [0.29, 0.717) is 12.0 Å². The summed E-state index contributed by atoms with van der Waals surface area (Å²) in [6.07, 6.45) is 2.74. The fourth-order valence-corrected chi connectivity index (χ4v) is 2.67. The van der Waals surface area contributed by atoms with Crippen molar-refractivity contribution in [2.75, 3.05) is 0 Å². The monoisotopic (exact) mass is 218 g/mol. The maximum Gasteiger partial charge on any atom is 0.0649 e. The summed E-state index contributed by atoms with van der Waals surface area (Å²) in [5, 5.41) is 0. The zero-order valence-electron chi connectivity index (χ0n) is 10.8. The Morgan fingerprint density at radius 2 is 2.00 bits per heavy atom. The van der Waals surface area contributed by atoms with Crippen LogP contribution in [0.2, 0.25) is 0 Å². The van der Waals surface area contributed by atoms with Crippen molar-refractivity contribution < 1.29 is 4.74 Å². The van der Waals surface area contributed by atoms with Crippen molar-refractivity contribution in [3.05, 3.63) is 35.4 Å². The molecule has 0 N–H and O–H groups in total. The molecule has 1 fully saturated rings. The van der Waals surface area contributed by atoms with Gasteiger partial charge in [0.05, 0.1) is 11.7 Å². The second-order valence-electron chi connectivity index (χ2n) is 5.60. The fraction of sp³-hybridized carbons (Fsp3) is 0.600. The molecule has 0 aliphatic carbocycles. The number of benzene rings is 1. The van der Waals surface area contributed by atoms with E-state index in [1.165, 1.54) is 24.0 Å². The summed E-state index contributed by atoms with van der Waals surface area (Å²) < 4.78 is 6.12. The molecule has 88 valence electrons. The van der Waals surface area contributed by atoms with Crippen LogP contribution in [0.15, 0.2) is 24.3 Å². The van der Waals surface area contributed by atoms with Crippen molar-refractivity contribution in [1.82, 2.24) is 0 Å². The van der Waals surface area contributed by atoms with Gasteiger partial charge in [-0.1, -0.05) is 31.2 Å². The van der Waals surface area contributed by atoms with Gasteiger partial charge in [0.25, 0.3) is 0 Å². The van der Waals surface area contributed by atoms with Crippen molar-refractivity contribution >= 4 is 0 Å². The molecule has 1 heterocycles. The van der Waals surface area contributed by atoms with Crippen LogP contribution < -0.4 is 0 Å². The van der Waals surface area contributed by atoms with Crippen LogP contribution in [0.1, 0.15) is 50.7 Å². The van der Waals surface area contributed by atoms with E-state index >= 15 is 0 Å². The van der Waals surface area contributed by atoms with Gasteiger partial charge in [-0.3, -0.25) is 0 Å². The third-order valence-electron chi connectivity index (χ3n) is 3.74. The molecule has 1 aromatic carbocycles. The van der Waals surface area contributed by atoms with Crippen LogP contribution in [0, 0.1) is 6.92 Å². The van der Waals surface area contributed by atoms with Crippen molar-refractivity contribution in [3.63, 3.8) is 0 Å². The summed E-state index contributed by atoms with van der Waals surface area (Å²) in [6.45, 7) is 8.86. The number of hydrogen-bond donors (Lipinski definition) is 0. The number of ether oxygens (including phenoxy) is 1. The third kappa shape index (κ3) is 2.30. The molecule has 1 aliphatic rings. The first-order valence-electron chi connectivity index (χ1n) is 6.23. The standard InChI is InChI=1S/C15H22O/c1-11-7-5-6-8-13(11)12(2)14-9-10-15(3,4)16-14/h5-8,12,14H,9-10H2,1-4H3/t12-,14-/m1/s1. The van der Waals surface area contributed by atoms with Gasteiger partial charge in [0.15, 0.2) is 0 Å². The molecule has 2 rings (SSSR count). The molecular formula is C15H22O. The molecule has 1 aliphatic heterocycles.